The van der Waals surface area contributed by atoms with Gasteiger partial charge in [-0.3, -0.25) is 0 Å². The number of anilines is 1. The number of imidazole rings is 1. The van der Waals surface area contributed by atoms with E-state index < -0.39 is 0 Å². The first-order valence-electron chi connectivity index (χ1n) is 5.61. The van der Waals surface area contributed by atoms with Gasteiger partial charge in [-0.2, -0.15) is 0 Å². The van der Waals surface area contributed by atoms with Crippen LogP contribution in [-0.4, -0.2) is 21.3 Å². The fraction of sp³-hybridized carbons (Fsp3) is 0.417. The van der Waals surface area contributed by atoms with Gasteiger partial charge in [0.25, 0.3) is 0 Å². The highest BCUT2D eigenvalue weighted by molar-refractivity contribution is 5.85. The number of hydrogen-bond donors (Lipinski definition) is 2. The molecule has 0 fully saturated rings. The lowest BCUT2D eigenvalue weighted by molar-refractivity contribution is 0.280. The summed E-state index contributed by atoms with van der Waals surface area (Å²) >= 11 is 0. The summed E-state index contributed by atoms with van der Waals surface area (Å²) in [4.78, 5) is 4.55. The van der Waals surface area contributed by atoms with E-state index in [2.05, 4.69) is 16.5 Å². The molecule has 4 nitrogen and oxygen atoms in total. The summed E-state index contributed by atoms with van der Waals surface area (Å²) in [6, 6.07) is 5.77. The number of halogens is 2. The summed E-state index contributed by atoms with van der Waals surface area (Å²) in [6.07, 6.45) is 1.64. The molecule has 0 aliphatic heterocycles. The van der Waals surface area contributed by atoms with Crippen LogP contribution in [0.1, 0.15) is 19.2 Å². The molecule has 1 aromatic heterocycles. The number of aliphatic hydroxyl groups excluding tert-OH is 1. The second-order valence-electron chi connectivity index (χ2n) is 3.86. The summed E-state index contributed by atoms with van der Waals surface area (Å²) in [7, 11) is 0. The van der Waals surface area contributed by atoms with Crippen LogP contribution in [0.25, 0.3) is 11.0 Å². The van der Waals surface area contributed by atoms with E-state index in [1.807, 2.05) is 18.2 Å². The van der Waals surface area contributed by atoms with Crippen molar-refractivity contribution >= 4 is 41.5 Å². The molecule has 0 saturated carbocycles. The van der Waals surface area contributed by atoms with Crippen molar-refractivity contribution in [1.82, 2.24) is 9.55 Å². The molecule has 0 saturated heterocycles. The molecule has 6 heteroatoms. The van der Waals surface area contributed by atoms with Crippen LogP contribution >= 0.6 is 24.8 Å². The number of nitrogen functional groups attached to an aromatic ring is 1. The van der Waals surface area contributed by atoms with Crippen molar-refractivity contribution < 1.29 is 5.11 Å². The molecule has 2 rings (SSSR count). The molecule has 102 valence electrons. The Labute approximate surface area is 119 Å². The number of aliphatic hydroxyl groups is 1. The van der Waals surface area contributed by atoms with Crippen LogP contribution in [0.2, 0.25) is 0 Å². The molecule has 0 unspecified atom stereocenters. The molecular formula is C12H19Cl2N3O. The minimum absolute atomic E-state index is 0. The van der Waals surface area contributed by atoms with Gasteiger partial charge in [-0.05, 0) is 24.6 Å². The standard InChI is InChI=1S/C12H17N3O.2ClH/c1-2-12-14-10-8-9(13)4-5-11(10)15(12)6-3-7-16;;/h4-5,8,16H,2-3,6-7,13H2,1H3;2*1H. The molecule has 0 bridgehead atoms. The Kier molecular flexibility index (Phi) is 7.06. The van der Waals surface area contributed by atoms with Crippen LogP contribution in [0.4, 0.5) is 5.69 Å². The molecule has 0 amide bonds. The van der Waals surface area contributed by atoms with Gasteiger partial charge in [-0.15, -0.1) is 24.8 Å². The van der Waals surface area contributed by atoms with Crippen molar-refractivity contribution in [3.8, 4) is 0 Å². The van der Waals surface area contributed by atoms with Crippen molar-refractivity contribution in [2.75, 3.05) is 12.3 Å². The van der Waals surface area contributed by atoms with Crippen molar-refractivity contribution in [2.24, 2.45) is 0 Å². The first-order chi connectivity index (χ1) is 7.76. The molecule has 1 aromatic carbocycles. The molecule has 0 atom stereocenters. The first-order valence-corrected chi connectivity index (χ1v) is 5.61. The SMILES string of the molecule is CCc1nc2cc(N)ccc2n1CCCO.Cl.Cl. The van der Waals surface area contributed by atoms with Crippen molar-refractivity contribution in [3.63, 3.8) is 0 Å². The van der Waals surface area contributed by atoms with Gasteiger partial charge in [0, 0.05) is 25.3 Å². The van der Waals surface area contributed by atoms with Gasteiger partial charge in [0.1, 0.15) is 5.82 Å². The average Bonchev–Trinajstić information content (AvgIpc) is 2.63. The Morgan fingerprint density at radius 2 is 2.06 bits per heavy atom. The Bertz CT molecular complexity index is 499. The highest BCUT2D eigenvalue weighted by Gasteiger charge is 2.08. The first kappa shape index (κ1) is 17.0. The summed E-state index contributed by atoms with van der Waals surface area (Å²) in [5, 5.41) is 8.89. The van der Waals surface area contributed by atoms with Crippen LogP contribution in [0.3, 0.4) is 0 Å². The van der Waals surface area contributed by atoms with Crippen molar-refractivity contribution in [2.45, 2.75) is 26.3 Å². The van der Waals surface area contributed by atoms with E-state index in [1.165, 1.54) is 0 Å². The fourth-order valence-electron chi connectivity index (χ4n) is 1.94. The van der Waals surface area contributed by atoms with Crippen LogP contribution in [0.15, 0.2) is 18.2 Å². The van der Waals surface area contributed by atoms with Gasteiger partial charge in [0.05, 0.1) is 11.0 Å². The quantitative estimate of drug-likeness (QED) is 0.851. The molecule has 0 spiro atoms. The number of aryl methyl sites for hydroxylation is 2. The molecule has 18 heavy (non-hydrogen) atoms. The van der Waals surface area contributed by atoms with E-state index in [0.29, 0.717) is 0 Å². The summed E-state index contributed by atoms with van der Waals surface area (Å²) in [5.74, 6) is 1.05. The van der Waals surface area contributed by atoms with E-state index in [4.69, 9.17) is 10.8 Å². The van der Waals surface area contributed by atoms with Gasteiger partial charge < -0.3 is 15.4 Å². The second kappa shape index (κ2) is 7.46. The zero-order valence-electron chi connectivity index (χ0n) is 10.3. The number of nitrogens with two attached hydrogens (primary N) is 1. The van der Waals surface area contributed by atoms with Crippen LogP contribution in [0.5, 0.6) is 0 Å². The zero-order chi connectivity index (χ0) is 11.5. The monoisotopic (exact) mass is 291 g/mol. The normalized spacial score (nSPS) is 9.89. The Morgan fingerprint density at radius 3 is 2.67 bits per heavy atom. The van der Waals surface area contributed by atoms with Gasteiger partial charge in [0.2, 0.25) is 0 Å². The van der Waals surface area contributed by atoms with Crippen molar-refractivity contribution in [1.29, 1.82) is 0 Å². The van der Waals surface area contributed by atoms with Crippen molar-refractivity contribution in [3.05, 3.63) is 24.0 Å². The molecule has 0 aliphatic carbocycles. The van der Waals surface area contributed by atoms with Gasteiger partial charge in [-0.25, -0.2) is 4.98 Å². The summed E-state index contributed by atoms with van der Waals surface area (Å²) < 4.78 is 2.16. The third-order valence-corrected chi connectivity index (χ3v) is 2.71. The maximum absolute atomic E-state index is 8.89. The predicted octanol–water partition coefficient (Wildman–Crippen LogP) is 2.41. The predicted molar refractivity (Wildman–Crippen MR) is 79.7 cm³/mol. The average molecular weight is 292 g/mol. The Hall–Kier alpha value is -0.970. The van der Waals surface area contributed by atoms with Gasteiger partial charge in [0.15, 0.2) is 0 Å². The fourth-order valence-corrected chi connectivity index (χ4v) is 1.94. The highest BCUT2D eigenvalue weighted by atomic mass is 35.5. The molecule has 3 N–H and O–H groups in total. The van der Waals surface area contributed by atoms with E-state index in [9.17, 15) is 0 Å². The number of rotatable bonds is 4. The Balaban J connectivity index is 0.00000144. The highest BCUT2D eigenvalue weighted by Crippen LogP contribution is 2.19. The molecule has 0 aliphatic rings. The van der Waals surface area contributed by atoms with Gasteiger partial charge in [-0.1, -0.05) is 6.92 Å². The second-order valence-corrected chi connectivity index (χ2v) is 3.86. The minimum atomic E-state index is 0. The van der Waals surface area contributed by atoms with Gasteiger partial charge >= 0.3 is 0 Å². The zero-order valence-corrected chi connectivity index (χ0v) is 11.9. The Morgan fingerprint density at radius 1 is 1.33 bits per heavy atom. The maximum atomic E-state index is 8.89. The smallest absolute Gasteiger partial charge is 0.109 e. The minimum Gasteiger partial charge on any atom is -0.399 e. The molecule has 2 aromatic rings. The third-order valence-electron chi connectivity index (χ3n) is 2.71. The summed E-state index contributed by atoms with van der Waals surface area (Å²) in [5.41, 5.74) is 8.51. The van der Waals surface area contributed by atoms with E-state index >= 15 is 0 Å². The van der Waals surface area contributed by atoms with Crippen LogP contribution in [0, 0.1) is 0 Å². The molecular weight excluding hydrogens is 273 g/mol. The lowest BCUT2D eigenvalue weighted by atomic mass is 10.3. The molecule has 0 radical (unpaired) electrons. The number of aromatic nitrogens is 2. The van der Waals surface area contributed by atoms with E-state index in [-0.39, 0.29) is 31.4 Å². The number of hydrogen-bond acceptors (Lipinski definition) is 3. The van der Waals surface area contributed by atoms with E-state index in [1.54, 1.807) is 0 Å². The largest absolute Gasteiger partial charge is 0.399 e. The maximum Gasteiger partial charge on any atom is 0.109 e. The lowest BCUT2D eigenvalue weighted by Crippen LogP contribution is -2.04. The van der Waals surface area contributed by atoms with Crippen LogP contribution < -0.4 is 5.73 Å². The molecule has 1 heterocycles. The number of benzene rings is 1. The third kappa shape index (κ3) is 3.28. The summed E-state index contributed by atoms with van der Waals surface area (Å²) in [6.45, 7) is 3.10. The topological polar surface area (TPSA) is 64.1 Å². The van der Waals surface area contributed by atoms with E-state index in [0.717, 1.165) is 41.9 Å². The number of fused-ring (bicyclic) bond motifs is 1. The lowest BCUT2D eigenvalue weighted by Gasteiger charge is -2.06. The van der Waals surface area contributed by atoms with Crippen LogP contribution in [-0.2, 0) is 13.0 Å². The number of nitrogens with zero attached hydrogens (tertiary/aromatic N) is 2.